The Bertz CT molecular complexity index is 1020. The van der Waals surface area contributed by atoms with Crippen LogP contribution in [0.2, 0.25) is 0 Å². The Kier molecular flexibility index (Phi) is 5.37. The zero-order valence-electron chi connectivity index (χ0n) is 17.2. The van der Waals surface area contributed by atoms with E-state index >= 15 is 0 Å². The van der Waals surface area contributed by atoms with Crippen LogP contribution in [0.4, 0.5) is 5.82 Å². The number of hydroxylamine groups is 1. The molecule has 2 aromatic heterocycles. The Morgan fingerprint density at radius 1 is 1.13 bits per heavy atom. The van der Waals surface area contributed by atoms with Gasteiger partial charge in [0.2, 0.25) is 5.91 Å². The van der Waals surface area contributed by atoms with Crippen molar-refractivity contribution < 1.29 is 14.4 Å². The lowest BCUT2D eigenvalue weighted by molar-refractivity contribution is -0.116. The SMILES string of the molecule is O=C1CCc2c(ncnc2C(=O)NCC2=CC(c3nc4c([nH]3)CCCCCC4)ON2)N1. The number of carbonyl (C=O) groups excluding carboxylic acids is 2. The highest BCUT2D eigenvalue weighted by Crippen LogP contribution is 2.26. The fourth-order valence-electron chi connectivity index (χ4n) is 4.23. The molecule has 10 heteroatoms. The van der Waals surface area contributed by atoms with Crippen molar-refractivity contribution in [2.75, 3.05) is 11.9 Å². The fraction of sp³-hybridized carbons (Fsp3) is 0.476. The van der Waals surface area contributed by atoms with Crippen LogP contribution in [0, 0.1) is 0 Å². The number of hydrogen-bond acceptors (Lipinski definition) is 7. The van der Waals surface area contributed by atoms with Crippen molar-refractivity contribution in [1.29, 1.82) is 0 Å². The zero-order valence-corrected chi connectivity index (χ0v) is 17.2. The number of imidazole rings is 1. The van der Waals surface area contributed by atoms with E-state index in [0.29, 0.717) is 24.2 Å². The number of fused-ring (bicyclic) bond motifs is 2. The summed E-state index contributed by atoms with van der Waals surface area (Å²) in [6.07, 6.45) is 10.6. The number of aromatic nitrogens is 4. The molecule has 1 atom stereocenters. The van der Waals surface area contributed by atoms with Crippen LogP contribution in [-0.2, 0) is 28.9 Å². The lowest BCUT2D eigenvalue weighted by Gasteiger charge is -2.17. The van der Waals surface area contributed by atoms with Crippen molar-refractivity contribution in [1.82, 2.24) is 30.7 Å². The molecule has 5 rings (SSSR count). The molecule has 10 nitrogen and oxygen atoms in total. The molecule has 2 aliphatic heterocycles. The third-order valence-electron chi connectivity index (χ3n) is 5.87. The van der Waals surface area contributed by atoms with Gasteiger partial charge in [0.15, 0.2) is 6.10 Å². The number of nitrogens with one attached hydrogen (secondary N) is 4. The first kappa shape index (κ1) is 19.7. The minimum atomic E-state index is -0.318. The number of rotatable bonds is 4. The Hall–Kier alpha value is -3.27. The van der Waals surface area contributed by atoms with Crippen LogP contribution >= 0.6 is 0 Å². The average Bonchev–Trinajstić information content (AvgIpc) is 3.38. The molecule has 1 unspecified atom stereocenters. The van der Waals surface area contributed by atoms with Gasteiger partial charge in [0.05, 0.1) is 17.9 Å². The molecule has 2 amide bonds. The number of hydrogen-bond donors (Lipinski definition) is 4. The van der Waals surface area contributed by atoms with E-state index in [1.807, 2.05) is 6.08 Å². The third kappa shape index (κ3) is 4.15. The summed E-state index contributed by atoms with van der Waals surface area (Å²) >= 11 is 0. The predicted molar refractivity (Wildman–Crippen MR) is 111 cm³/mol. The van der Waals surface area contributed by atoms with Crippen LogP contribution in [0.1, 0.15) is 71.5 Å². The Morgan fingerprint density at radius 3 is 2.90 bits per heavy atom. The van der Waals surface area contributed by atoms with Gasteiger partial charge in [0.25, 0.3) is 5.91 Å². The number of H-pyrrole nitrogens is 1. The first-order chi connectivity index (χ1) is 15.2. The van der Waals surface area contributed by atoms with Gasteiger partial charge < -0.3 is 15.6 Å². The van der Waals surface area contributed by atoms with Gasteiger partial charge in [-0.3, -0.25) is 19.9 Å². The first-order valence-corrected chi connectivity index (χ1v) is 10.8. The minimum Gasteiger partial charge on any atom is -0.345 e. The molecule has 4 heterocycles. The molecule has 0 radical (unpaired) electrons. The van der Waals surface area contributed by atoms with Crippen LogP contribution in [0.3, 0.4) is 0 Å². The summed E-state index contributed by atoms with van der Waals surface area (Å²) in [5.41, 5.74) is 6.94. The van der Waals surface area contributed by atoms with Crippen molar-refractivity contribution in [3.05, 3.63) is 46.6 Å². The van der Waals surface area contributed by atoms with Crippen LogP contribution in [0.5, 0.6) is 0 Å². The lowest BCUT2D eigenvalue weighted by atomic mass is 10.0. The molecular formula is C21H25N7O3. The Balaban J connectivity index is 1.24. The monoisotopic (exact) mass is 423 g/mol. The summed E-state index contributed by atoms with van der Waals surface area (Å²) in [5.74, 6) is 0.779. The summed E-state index contributed by atoms with van der Waals surface area (Å²) < 4.78 is 0. The van der Waals surface area contributed by atoms with Gasteiger partial charge in [0, 0.05) is 17.7 Å². The maximum atomic E-state index is 12.7. The summed E-state index contributed by atoms with van der Waals surface area (Å²) in [5, 5.41) is 5.54. The number of aromatic amines is 1. The van der Waals surface area contributed by atoms with Gasteiger partial charge >= 0.3 is 0 Å². The van der Waals surface area contributed by atoms with Crippen LogP contribution in [0.15, 0.2) is 18.1 Å². The molecular weight excluding hydrogens is 398 g/mol. The van der Waals surface area contributed by atoms with Gasteiger partial charge in [0.1, 0.15) is 23.7 Å². The molecule has 0 bridgehead atoms. The van der Waals surface area contributed by atoms with Crippen LogP contribution < -0.4 is 16.1 Å². The third-order valence-corrected chi connectivity index (χ3v) is 5.87. The smallest absolute Gasteiger partial charge is 0.270 e. The fourth-order valence-corrected chi connectivity index (χ4v) is 4.23. The second kappa shape index (κ2) is 8.46. The number of carbonyl (C=O) groups is 2. The van der Waals surface area contributed by atoms with Gasteiger partial charge in [-0.25, -0.2) is 15.0 Å². The van der Waals surface area contributed by atoms with Crippen molar-refractivity contribution in [2.24, 2.45) is 0 Å². The minimum absolute atomic E-state index is 0.105. The van der Waals surface area contributed by atoms with E-state index in [0.717, 1.165) is 30.1 Å². The highest BCUT2D eigenvalue weighted by Gasteiger charge is 2.26. The van der Waals surface area contributed by atoms with E-state index in [-0.39, 0.29) is 30.2 Å². The van der Waals surface area contributed by atoms with E-state index < -0.39 is 0 Å². The summed E-state index contributed by atoms with van der Waals surface area (Å²) in [6, 6.07) is 0. The summed E-state index contributed by atoms with van der Waals surface area (Å²) in [6.45, 7) is 0.265. The molecule has 2 aromatic rings. The molecule has 3 aliphatic rings. The molecule has 0 saturated carbocycles. The topological polar surface area (TPSA) is 134 Å². The molecule has 31 heavy (non-hydrogen) atoms. The van der Waals surface area contributed by atoms with Gasteiger partial charge in [-0.1, -0.05) is 12.8 Å². The normalized spacial score (nSPS) is 20.5. The number of anilines is 1. The molecule has 0 saturated heterocycles. The number of amides is 2. The van der Waals surface area contributed by atoms with Crippen molar-refractivity contribution in [3.8, 4) is 0 Å². The van der Waals surface area contributed by atoms with E-state index in [9.17, 15) is 9.59 Å². The van der Waals surface area contributed by atoms with Gasteiger partial charge in [-0.2, -0.15) is 0 Å². The molecule has 0 aromatic carbocycles. The molecule has 0 spiro atoms. The van der Waals surface area contributed by atoms with E-state index in [2.05, 4.69) is 31.1 Å². The first-order valence-electron chi connectivity index (χ1n) is 10.8. The molecule has 1 aliphatic carbocycles. The zero-order chi connectivity index (χ0) is 21.2. The average molecular weight is 423 g/mol. The van der Waals surface area contributed by atoms with Crippen molar-refractivity contribution in [2.45, 2.75) is 57.5 Å². The van der Waals surface area contributed by atoms with E-state index in [1.54, 1.807) is 0 Å². The quantitative estimate of drug-likeness (QED) is 0.587. The Labute approximate surface area is 179 Å². The maximum Gasteiger partial charge on any atom is 0.270 e. The molecule has 162 valence electrons. The second-order valence-electron chi connectivity index (χ2n) is 8.07. The van der Waals surface area contributed by atoms with E-state index in [4.69, 9.17) is 9.82 Å². The summed E-state index contributed by atoms with van der Waals surface area (Å²) in [4.78, 5) is 46.3. The van der Waals surface area contributed by atoms with Crippen LogP contribution in [-0.4, -0.2) is 38.3 Å². The standard InChI is InChI=1S/C21H25N7O3/c29-17-8-7-13-18(23-11-24-19(13)27-17)21(30)22-10-12-9-16(31-28-12)20-25-14-5-3-1-2-4-6-15(14)26-20/h9,11,16,28H,1-8,10H2,(H,22,30)(H,25,26)(H,23,24,27,29). The van der Waals surface area contributed by atoms with E-state index in [1.165, 1.54) is 37.7 Å². The summed E-state index contributed by atoms with van der Waals surface area (Å²) in [7, 11) is 0. The highest BCUT2D eigenvalue weighted by molar-refractivity contribution is 5.99. The predicted octanol–water partition coefficient (Wildman–Crippen LogP) is 1.63. The second-order valence-corrected chi connectivity index (χ2v) is 8.07. The number of aryl methyl sites for hydroxylation is 2. The lowest BCUT2D eigenvalue weighted by Crippen LogP contribution is -2.31. The molecule has 0 fully saturated rings. The van der Waals surface area contributed by atoms with Gasteiger partial charge in [-0.05, 0) is 38.2 Å². The van der Waals surface area contributed by atoms with Gasteiger partial charge in [-0.15, -0.1) is 0 Å². The number of nitrogens with zero attached hydrogens (tertiary/aromatic N) is 3. The maximum absolute atomic E-state index is 12.7. The largest absolute Gasteiger partial charge is 0.345 e. The van der Waals surface area contributed by atoms with Crippen LogP contribution in [0.25, 0.3) is 0 Å². The molecule has 4 N–H and O–H groups in total. The Morgan fingerprint density at radius 2 is 2.00 bits per heavy atom. The highest BCUT2D eigenvalue weighted by atomic mass is 16.7. The van der Waals surface area contributed by atoms with Crippen molar-refractivity contribution >= 4 is 17.6 Å². The van der Waals surface area contributed by atoms with Crippen molar-refractivity contribution in [3.63, 3.8) is 0 Å².